The van der Waals surface area contributed by atoms with E-state index in [0.717, 1.165) is 13.1 Å². The normalized spacial score (nSPS) is 15.2. The topological polar surface area (TPSA) is 77.4 Å². The van der Waals surface area contributed by atoms with Gasteiger partial charge in [-0.3, -0.25) is 4.79 Å². The number of nitrogens with zero attached hydrogens (tertiary/aromatic N) is 2. The van der Waals surface area contributed by atoms with Crippen LogP contribution in [-0.4, -0.2) is 44.1 Å². The zero-order valence-electron chi connectivity index (χ0n) is 11.9. The highest BCUT2D eigenvalue weighted by Gasteiger charge is 2.19. The summed E-state index contributed by atoms with van der Waals surface area (Å²) in [5.41, 5.74) is 0.795. The minimum Gasteiger partial charge on any atom is -0.495 e. The maximum absolute atomic E-state index is 12.2. The maximum atomic E-state index is 12.2. The van der Waals surface area contributed by atoms with Crippen LogP contribution in [0.5, 0.6) is 5.75 Å². The fourth-order valence-electron chi connectivity index (χ4n) is 2.09. The van der Waals surface area contributed by atoms with Gasteiger partial charge in [0.15, 0.2) is 0 Å². The van der Waals surface area contributed by atoms with Gasteiger partial charge in [-0.15, -0.1) is 0 Å². The number of ether oxygens (including phenoxy) is 1. The summed E-state index contributed by atoms with van der Waals surface area (Å²) < 4.78 is 5.21. The molecule has 1 aromatic carbocycles. The van der Waals surface area contributed by atoms with Crippen LogP contribution in [-0.2, 0) is 4.79 Å². The van der Waals surface area contributed by atoms with E-state index in [1.54, 1.807) is 18.1 Å². The van der Waals surface area contributed by atoms with Gasteiger partial charge in [-0.25, -0.2) is 0 Å². The first-order chi connectivity index (χ1) is 10.3. The molecule has 0 saturated carbocycles. The molecule has 1 amide bonds. The van der Waals surface area contributed by atoms with E-state index in [9.17, 15) is 10.1 Å². The molecule has 0 bridgehead atoms. The Bertz CT molecular complexity index is 571. The van der Waals surface area contributed by atoms with E-state index < -0.39 is 0 Å². The molecule has 0 atom stereocenters. The number of para-hydroxylation sites is 2. The molecule has 1 heterocycles. The molecule has 1 aliphatic rings. The van der Waals surface area contributed by atoms with E-state index in [0.29, 0.717) is 24.5 Å². The number of nitrogens with one attached hydrogen (secondary N) is 2. The summed E-state index contributed by atoms with van der Waals surface area (Å²) in [6.45, 7) is 2.74. The third-order valence-electron chi connectivity index (χ3n) is 3.23. The lowest BCUT2D eigenvalue weighted by molar-refractivity contribution is -0.127. The number of anilines is 1. The van der Waals surface area contributed by atoms with Gasteiger partial charge in [0.2, 0.25) is 0 Å². The van der Waals surface area contributed by atoms with Gasteiger partial charge in [0.1, 0.15) is 17.4 Å². The van der Waals surface area contributed by atoms with Gasteiger partial charge in [-0.1, -0.05) is 12.1 Å². The largest absolute Gasteiger partial charge is 0.495 e. The van der Waals surface area contributed by atoms with Crippen molar-refractivity contribution < 1.29 is 9.53 Å². The number of nitriles is 1. The highest BCUT2D eigenvalue weighted by molar-refractivity contribution is 5.97. The predicted octanol–water partition coefficient (Wildman–Crippen LogP) is 0.946. The minimum absolute atomic E-state index is 0.0859. The summed E-state index contributed by atoms with van der Waals surface area (Å²) in [6.07, 6.45) is 1.43. The third kappa shape index (κ3) is 3.74. The molecule has 6 nitrogen and oxygen atoms in total. The standard InChI is InChI=1S/C15H18N4O2/c1-21-14-5-3-2-4-13(14)18-11-12(10-16)15(20)19-8-6-17-7-9-19/h2-5,11,17-18H,6-9H2,1H3/b12-11-. The van der Waals surface area contributed by atoms with Crippen molar-refractivity contribution in [2.24, 2.45) is 0 Å². The van der Waals surface area contributed by atoms with Crippen molar-refractivity contribution in [2.75, 3.05) is 38.6 Å². The molecular formula is C15H18N4O2. The first-order valence-corrected chi connectivity index (χ1v) is 6.76. The van der Waals surface area contributed by atoms with E-state index >= 15 is 0 Å². The number of piperazine rings is 1. The smallest absolute Gasteiger partial charge is 0.266 e. The lowest BCUT2D eigenvalue weighted by atomic mass is 10.2. The Labute approximate surface area is 124 Å². The molecule has 0 unspecified atom stereocenters. The first-order valence-electron chi connectivity index (χ1n) is 6.76. The Balaban J connectivity index is 2.10. The number of hydrogen-bond acceptors (Lipinski definition) is 5. The van der Waals surface area contributed by atoms with Crippen molar-refractivity contribution in [3.05, 3.63) is 36.0 Å². The number of carbonyl (C=O) groups excluding carboxylic acids is 1. The van der Waals surface area contributed by atoms with Crippen LogP contribution in [0.1, 0.15) is 0 Å². The fraction of sp³-hybridized carbons (Fsp3) is 0.333. The van der Waals surface area contributed by atoms with Gasteiger partial charge in [0.05, 0.1) is 12.8 Å². The average Bonchev–Trinajstić information content (AvgIpc) is 2.56. The van der Waals surface area contributed by atoms with E-state index in [1.807, 2.05) is 24.3 Å². The zero-order valence-corrected chi connectivity index (χ0v) is 11.9. The summed E-state index contributed by atoms with van der Waals surface area (Å²) in [4.78, 5) is 13.9. The molecule has 1 aliphatic heterocycles. The molecule has 2 rings (SSSR count). The second kappa shape index (κ2) is 7.31. The molecule has 1 aromatic rings. The number of rotatable bonds is 4. The predicted molar refractivity (Wildman–Crippen MR) is 79.8 cm³/mol. The summed E-state index contributed by atoms with van der Waals surface area (Å²) in [5, 5.41) is 15.3. The second-order valence-electron chi connectivity index (χ2n) is 4.56. The molecule has 1 fully saturated rings. The molecule has 0 aromatic heterocycles. The van der Waals surface area contributed by atoms with Crippen LogP contribution in [0.3, 0.4) is 0 Å². The fourth-order valence-corrected chi connectivity index (χ4v) is 2.09. The molecule has 2 N–H and O–H groups in total. The van der Waals surface area contributed by atoms with Crippen molar-refractivity contribution in [3.63, 3.8) is 0 Å². The Morgan fingerprint density at radius 2 is 2.14 bits per heavy atom. The van der Waals surface area contributed by atoms with Gasteiger partial charge >= 0.3 is 0 Å². The van der Waals surface area contributed by atoms with Crippen molar-refractivity contribution in [3.8, 4) is 11.8 Å². The van der Waals surface area contributed by atoms with E-state index in [4.69, 9.17) is 4.74 Å². The molecule has 0 radical (unpaired) electrons. The lowest BCUT2D eigenvalue weighted by Crippen LogP contribution is -2.46. The van der Waals surface area contributed by atoms with Crippen LogP contribution in [0.15, 0.2) is 36.0 Å². The van der Waals surface area contributed by atoms with Crippen LogP contribution in [0.2, 0.25) is 0 Å². The molecule has 1 saturated heterocycles. The second-order valence-corrected chi connectivity index (χ2v) is 4.56. The Morgan fingerprint density at radius 3 is 2.81 bits per heavy atom. The lowest BCUT2D eigenvalue weighted by Gasteiger charge is -2.27. The number of benzene rings is 1. The molecule has 110 valence electrons. The summed E-state index contributed by atoms with van der Waals surface area (Å²) in [6, 6.07) is 9.28. The molecule has 21 heavy (non-hydrogen) atoms. The van der Waals surface area contributed by atoms with Gasteiger partial charge in [-0.05, 0) is 12.1 Å². The Kier molecular flexibility index (Phi) is 5.18. The molecule has 0 spiro atoms. The van der Waals surface area contributed by atoms with Crippen LogP contribution in [0.4, 0.5) is 5.69 Å². The van der Waals surface area contributed by atoms with Crippen LogP contribution in [0, 0.1) is 11.3 Å². The Morgan fingerprint density at radius 1 is 1.43 bits per heavy atom. The highest BCUT2D eigenvalue weighted by Crippen LogP contribution is 2.23. The molecule has 6 heteroatoms. The summed E-state index contributed by atoms with van der Waals surface area (Å²) >= 11 is 0. The SMILES string of the molecule is COc1ccccc1N/C=C(/C#N)C(=O)N1CCNCC1. The number of methoxy groups -OCH3 is 1. The number of carbonyl (C=O) groups is 1. The van der Waals surface area contributed by atoms with Crippen LogP contribution >= 0.6 is 0 Å². The monoisotopic (exact) mass is 286 g/mol. The molecule has 0 aliphatic carbocycles. The van der Waals surface area contributed by atoms with Crippen LogP contribution < -0.4 is 15.4 Å². The average molecular weight is 286 g/mol. The van der Waals surface area contributed by atoms with Gasteiger partial charge in [0, 0.05) is 32.4 Å². The Hall–Kier alpha value is -2.52. The third-order valence-corrected chi connectivity index (χ3v) is 3.23. The van der Waals surface area contributed by atoms with Crippen molar-refractivity contribution >= 4 is 11.6 Å². The quantitative estimate of drug-likeness (QED) is 0.636. The number of amides is 1. The molecular weight excluding hydrogens is 268 g/mol. The maximum Gasteiger partial charge on any atom is 0.266 e. The van der Waals surface area contributed by atoms with Gasteiger partial charge in [0.25, 0.3) is 5.91 Å². The van der Waals surface area contributed by atoms with Gasteiger partial charge < -0.3 is 20.3 Å². The van der Waals surface area contributed by atoms with Crippen LogP contribution in [0.25, 0.3) is 0 Å². The minimum atomic E-state index is -0.249. The first kappa shape index (κ1) is 14.9. The zero-order chi connectivity index (χ0) is 15.1. The van der Waals surface area contributed by atoms with Crippen molar-refractivity contribution in [1.29, 1.82) is 5.26 Å². The summed E-state index contributed by atoms with van der Waals surface area (Å²) in [7, 11) is 1.57. The van der Waals surface area contributed by atoms with E-state index in [2.05, 4.69) is 10.6 Å². The highest BCUT2D eigenvalue weighted by atomic mass is 16.5. The van der Waals surface area contributed by atoms with E-state index in [1.165, 1.54) is 6.20 Å². The van der Waals surface area contributed by atoms with Gasteiger partial charge in [-0.2, -0.15) is 5.26 Å². The van der Waals surface area contributed by atoms with Crippen molar-refractivity contribution in [1.82, 2.24) is 10.2 Å². The number of hydrogen-bond donors (Lipinski definition) is 2. The van der Waals surface area contributed by atoms with E-state index in [-0.39, 0.29) is 11.5 Å². The van der Waals surface area contributed by atoms with Crippen molar-refractivity contribution in [2.45, 2.75) is 0 Å². The summed E-state index contributed by atoms with van der Waals surface area (Å²) in [5.74, 6) is 0.405.